The van der Waals surface area contributed by atoms with Gasteiger partial charge in [0.15, 0.2) is 0 Å². The SMILES string of the molecule is CCOCc1ccc(O[Si](C)(C)C)c(C(CCN)c2ccccc2)c1. The highest BCUT2D eigenvalue weighted by Crippen LogP contribution is 2.36. The average Bonchev–Trinajstić information content (AvgIpc) is 2.58. The van der Waals surface area contributed by atoms with Crippen molar-refractivity contribution in [3.63, 3.8) is 0 Å². The van der Waals surface area contributed by atoms with Gasteiger partial charge in [-0.15, -0.1) is 0 Å². The molecular weight excluding hydrogens is 326 g/mol. The number of ether oxygens (including phenoxy) is 1. The molecule has 0 fully saturated rings. The summed E-state index contributed by atoms with van der Waals surface area (Å²) < 4.78 is 12.0. The van der Waals surface area contributed by atoms with Gasteiger partial charge in [-0.25, -0.2) is 0 Å². The summed E-state index contributed by atoms with van der Waals surface area (Å²) in [7, 11) is -1.70. The summed E-state index contributed by atoms with van der Waals surface area (Å²) in [6.45, 7) is 10.6. The van der Waals surface area contributed by atoms with E-state index in [4.69, 9.17) is 14.9 Å². The fourth-order valence-electron chi connectivity index (χ4n) is 2.96. The topological polar surface area (TPSA) is 44.5 Å². The van der Waals surface area contributed by atoms with Gasteiger partial charge in [0, 0.05) is 18.1 Å². The number of hydrogen-bond acceptors (Lipinski definition) is 3. The van der Waals surface area contributed by atoms with Crippen LogP contribution in [0.1, 0.15) is 36.0 Å². The Labute approximate surface area is 153 Å². The minimum atomic E-state index is -1.70. The van der Waals surface area contributed by atoms with E-state index >= 15 is 0 Å². The standard InChI is InChI=1S/C21H31NO2Si/c1-5-23-16-17-11-12-21(24-25(2,3)4)20(15-17)19(13-14-22)18-9-7-6-8-10-18/h6-12,15,19H,5,13-14,16,22H2,1-4H3. The first-order valence-corrected chi connectivity index (χ1v) is 12.5. The molecule has 1 unspecified atom stereocenters. The molecular formula is C21H31NO2Si. The van der Waals surface area contributed by atoms with Crippen molar-refractivity contribution in [3.8, 4) is 5.75 Å². The van der Waals surface area contributed by atoms with Crippen molar-refractivity contribution in [2.45, 2.75) is 45.5 Å². The van der Waals surface area contributed by atoms with E-state index in [9.17, 15) is 0 Å². The molecule has 136 valence electrons. The largest absolute Gasteiger partial charge is 0.544 e. The van der Waals surface area contributed by atoms with E-state index in [-0.39, 0.29) is 5.92 Å². The van der Waals surface area contributed by atoms with Gasteiger partial charge in [-0.1, -0.05) is 36.4 Å². The first-order valence-electron chi connectivity index (χ1n) is 9.09. The smallest absolute Gasteiger partial charge is 0.242 e. The lowest BCUT2D eigenvalue weighted by atomic mass is 9.87. The minimum Gasteiger partial charge on any atom is -0.544 e. The van der Waals surface area contributed by atoms with Crippen molar-refractivity contribution >= 4 is 8.32 Å². The van der Waals surface area contributed by atoms with Crippen molar-refractivity contribution in [1.29, 1.82) is 0 Å². The Bertz CT molecular complexity index is 653. The summed E-state index contributed by atoms with van der Waals surface area (Å²) in [6.07, 6.45) is 0.893. The first-order chi connectivity index (χ1) is 11.9. The van der Waals surface area contributed by atoms with E-state index in [1.54, 1.807) is 0 Å². The van der Waals surface area contributed by atoms with E-state index < -0.39 is 8.32 Å². The van der Waals surface area contributed by atoms with Crippen molar-refractivity contribution in [2.75, 3.05) is 13.2 Å². The molecule has 0 aliphatic heterocycles. The molecule has 0 amide bonds. The maximum absolute atomic E-state index is 6.40. The second-order valence-corrected chi connectivity index (χ2v) is 11.7. The number of benzene rings is 2. The highest BCUT2D eigenvalue weighted by atomic mass is 28.4. The zero-order chi connectivity index (χ0) is 18.3. The van der Waals surface area contributed by atoms with Crippen LogP contribution in [0.3, 0.4) is 0 Å². The van der Waals surface area contributed by atoms with Crippen LogP contribution in [0.5, 0.6) is 5.75 Å². The molecule has 0 saturated carbocycles. The number of hydrogen-bond donors (Lipinski definition) is 1. The van der Waals surface area contributed by atoms with Crippen LogP contribution in [-0.2, 0) is 11.3 Å². The van der Waals surface area contributed by atoms with Gasteiger partial charge < -0.3 is 14.9 Å². The molecule has 2 N–H and O–H groups in total. The molecule has 2 aromatic carbocycles. The highest BCUT2D eigenvalue weighted by Gasteiger charge is 2.23. The van der Waals surface area contributed by atoms with Crippen LogP contribution in [0.2, 0.25) is 19.6 Å². The third-order valence-corrected chi connectivity index (χ3v) is 4.83. The lowest BCUT2D eigenvalue weighted by molar-refractivity contribution is 0.134. The van der Waals surface area contributed by atoms with Gasteiger partial charge in [0.05, 0.1) is 6.61 Å². The molecule has 0 saturated heterocycles. The van der Waals surface area contributed by atoms with Crippen LogP contribution in [-0.4, -0.2) is 21.5 Å². The van der Waals surface area contributed by atoms with Gasteiger partial charge in [0.2, 0.25) is 8.32 Å². The van der Waals surface area contributed by atoms with E-state index in [2.05, 4.69) is 62.1 Å². The predicted molar refractivity (Wildman–Crippen MR) is 108 cm³/mol. The van der Waals surface area contributed by atoms with Crippen molar-refractivity contribution in [1.82, 2.24) is 0 Å². The molecule has 4 heteroatoms. The third-order valence-electron chi connectivity index (χ3n) is 4.00. The minimum absolute atomic E-state index is 0.235. The Hall–Kier alpha value is -1.62. The average molecular weight is 358 g/mol. The number of rotatable bonds is 9. The van der Waals surface area contributed by atoms with Crippen LogP contribution in [0.4, 0.5) is 0 Å². The lowest BCUT2D eigenvalue weighted by Gasteiger charge is -2.26. The van der Waals surface area contributed by atoms with Crippen LogP contribution in [0.25, 0.3) is 0 Å². The van der Waals surface area contributed by atoms with Crippen molar-refractivity contribution in [2.24, 2.45) is 5.73 Å². The maximum Gasteiger partial charge on any atom is 0.242 e. The Morgan fingerprint density at radius 3 is 2.36 bits per heavy atom. The van der Waals surface area contributed by atoms with E-state index in [0.29, 0.717) is 19.8 Å². The number of nitrogens with two attached hydrogens (primary N) is 1. The molecule has 2 aromatic rings. The van der Waals surface area contributed by atoms with Gasteiger partial charge in [-0.2, -0.15) is 0 Å². The van der Waals surface area contributed by atoms with Gasteiger partial charge in [-0.05, 0) is 62.8 Å². The fraction of sp³-hybridized carbons (Fsp3) is 0.429. The predicted octanol–water partition coefficient (Wildman–Crippen LogP) is 4.92. The zero-order valence-electron chi connectivity index (χ0n) is 15.9. The molecule has 0 spiro atoms. The molecule has 0 radical (unpaired) electrons. The molecule has 0 bridgehead atoms. The van der Waals surface area contributed by atoms with Gasteiger partial charge >= 0.3 is 0 Å². The normalized spacial score (nSPS) is 12.8. The van der Waals surface area contributed by atoms with Crippen LogP contribution >= 0.6 is 0 Å². The van der Waals surface area contributed by atoms with Crippen LogP contribution < -0.4 is 10.2 Å². The fourth-order valence-corrected chi connectivity index (χ4v) is 3.80. The van der Waals surface area contributed by atoms with Crippen LogP contribution in [0.15, 0.2) is 48.5 Å². The van der Waals surface area contributed by atoms with E-state index in [1.165, 1.54) is 16.7 Å². The van der Waals surface area contributed by atoms with E-state index in [0.717, 1.165) is 12.2 Å². The van der Waals surface area contributed by atoms with Gasteiger partial charge in [0.1, 0.15) is 5.75 Å². The summed E-state index contributed by atoms with van der Waals surface area (Å²) in [6, 6.07) is 17.0. The van der Waals surface area contributed by atoms with Gasteiger partial charge in [0.25, 0.3) is 0 Å². The monoisotopic (exact) mass is 357 g/mol. The molecule has 0 heterocycles. The second kappa shape index (κ2) is 9.18. The Morgan fingerprint density at radius 2 is 1.76 bits per heavy atom. The Kier molecular flexibility index (Phi) is 7.23. The summed E-state index contributed by atoms with van der Waals surface area (Å²) in [5, 5.41) is 0. The molecule has 0 aliphatic carbocycles. The summed E-state index contributed by atoms with van der Waals surface area (Å²) in [5.41, 5.74) is 9.62. The second-order valence-electron chi connectivity index (χ2n) is 7.26. The third kappa shape index (κ3) is 5.99. The molecule has 0 aromatic heterocycles. The molecule has 2 rings (SSSR count). The molecule has 3 nitrogen and oxygen atoms in total. The van der Waals surface area contributed by atoms with Crippen molar-refractivity contribution in [3.05, 3.63) is 65.2 Å². The molecule has 25 heavy (non-hydrogen) atoms. The molecule has 0 aliphatic rings. The Morgan fingerprint density at radius 1 is 1.04 bits per heavy atom. The molecule has 1 atom stereocenters. The summed E-state index contributed by atoms with van der Waals surface area (Å²) in [5.74, 6) is 1.22. The highest BCUT2D eigenvalue weighted by molar-refractivity contribution is 6.70. The summed E-state index contributed by atoms with van der Waals surface area (Å²) >= 11 is 0. The maximum atomic E-state index is 6.40. The van der Waals surface area contributed by atoms with Crippen molar-refractivity contribution < 1.29 is 9.16 Å². The van der Waals surface area contributed by atoms with Crippen LogP contribution in [0, 0.1) is 0 Å². The zero-order valence-corrected chi connectivity index (χ0v) is 16.9. The van der Waals surface area contributed by atoms with E-state index in [1.807, 2.05) is 13.0 Å². The Balaban J connectivity index is 2.47. The summed E-state index contributed by atoms with van der Waals surface area (Å²) in [4.78, 5) is 0. The lowest BCUT2D eigenvalue weighted by Crippen LogP contribution is -2.30. The van der Waals surface area contributed by atoms with Gasteiger partial charge in [-0.3, -0.25) is 0 Å². The quantitative estimate of drug-likeness (QED) is 0.648. The first kappa shape index (κ1) is 19.7.